The van der Waals surface area contributed by atoms with E-state index in [1.165, 1.54) is 4.70 Å². The summed E-state index contributed by atoms with van der Waals surface area (Å²) >= 11 is 1.71. The van der Waals surface area contributed by atoms with Crippen LogP contribution < -0.4 is 11.1 Å². The van der Waals surface area contributed by atoms with Crippen molar-refractivity contribution in [1.82, 2.24) is 9.88 Å². The zero-order valence-corrected chi connectivity index (χ0v) is 17.8. The van der Waals surface area contributed by atoms with Gasteiger partial charge in [-0.15, -0.1) is 11.3 Å². The number of aromatic nitrogens is 1. The molecule has 2 aromatic carbocycles. The highest BCUT2D eigenvalue weighted by molar-refractivity contribution is 7.18. The third-order valence-corrected chi connectivity index (χ3v) is 6.81. The highest BCUT2D eigenvalue weighted by atomic mass is 32.1. The molecular formula is C23H26N4O2S. The van der Waals surface area contributed by atoms with Crippen molar-refractivity contribution >= 4 is 39.1 Å². The summed E-state index contributed by atoms with van der Waals surface area (Å²) in [5, 5.41) is 4.08. The monoisotopic (exact) mass is 422 g/mol. The van der Waals surface area contributed by atoms with E-state index in [-0.39, 0.29) is 23.8 Å². The second kappa shape index (κ2) is 8.93. The molecule has 2 amide bonds. The fourth-order valence-electron chi connectivity index (χ4n) is 3.86. The minimum Gasteiger partial charge on any atom is -0.369 e. The molecule has 6 nitrogen and oxygen atoms in total. The first kappa shape index (κ1) is 20.5. The lowest BCUT2D eigenvalue weighted by Crippen LogP contribution is -2.47. The average Bonchev–Trinajstić information content (AvgIpc) is 3.17. The van der Waals surface area contributed by atoms with E-state index in [4.69, 9.17) is 5.73 Å². The normalized spacial score (nSPS) is 16.4. The Morgan fingerprint density at radius 3 is 2.53 bits per heavy atom. The number of carbonyl (C=O) groups is 2. The second-order valence-electron chi connectivity index (χ2n) is 7.83. The van der Waals surface area contributed by atoms with Gasteiger partial charge in [0.05, 0.1) is 21.3 Å². The Bertz CT molecular complexity index is 1010. The van der Waals surface area contributed by atoms with Gasteiger partial charge in [0.25, 0.3) is 0 Å². The number of piperidine rings is 1. The first-order valence-electron chi connectivity index (χ1n) is 10.3. The molecule has 3 aromatic rings. The summed E-state index contributed by atoms with van der Waals surface area (Å²) in [6.07, 6.45) is 2.21. The van der Waals surface area contributed by atoms with Gasteiger partial charge in [-0.1, -0.05) is 24.3 Å². The Balaban J connectivity index is 1.32. The number of likely N-dealkylation sites (tertiary alicyclic amines) is 1. The summed E-state index contributed by atoms with van der Waals surface area (Å²) in [6, 6.07) is 15.8. The number of nitrogens with zero attached hydrogens (tertiary/aromatic N) is 2. The van der Waals surface area contributed by atoms with Crippen LogP contribution in [0.1, 0.15) is 30.3 Å². The predicted molar refractivity (Wildman–Crippen MR) is 120 cm³/mol. The quantitative estimate of drug-likeness (QED) is 0.637. The number of hydrogen-bond donors (Lipinski definition) is 2. The van der Waals surface area contributed by atoms with Crippen molar-refractivity contribution in [3.05, 3.63) is 59.1 Å². The van der Waals surface area contributed by atoms with Crippen molar-refractivity contribution in [1.29, 1.82) is 0 Å². The van der Waals surface area contributed by atoms with Crippen LogP contribution >= 0.6 is 11.3 Å². The van der Waals surface area contributed by atoms with E-state index >= 15 is 0 Å². The van der Waals surface area contributed by atoms with Crippen LogP contribution in [0.2, 0.25) is 0 Å². The maximum Gasteiger partial charge on any atom is 0.241 e. The number of amides is 2. The van der Waals surface area contributed by atoms with Crippen molar-refractivity contribution in [3.63, 3.8) is 0 Å². The van der Waals surface area contributed by atoms with E-state index < -0.39 is 0 Å². The van der Waals surface area contributed by atoms with Crippen LogP contribution in [0.5, 0.6) is 0 Å². The van der Waals surface area contributed by atoms with Gasteiger partial charge in [-0.25, -0.2) is 4.98 Å². The molecule has 0 spiro atoms. The van der Waals surface area contributed by atoms with Gasteiger partial charge in [0, 0.05) is 18.0 Å². The molecule has 1 atom stereocenters. The first-order chi connectivity index (χ1) is 14.5. The van der Waals surface area contributed by atoms with Crippen LogP contribution in [0, 0.1) is 5.92 Å². The molecule has 0 unspecified atom stereocenters. The van der Waals surface area contributed by atoms with Crippen molar-refractivity contribution in [2.45, 2.75) is 32.2 Å². The molecular weight excluding hydrogens is 396 g/mol. The average molecular weight is 423 g/mol. The maximum atomic E-state index is 12.6. The Morgan fingerprint density at radius 2 is 1.87 bits per heavy atom. The Hall–Kier alpha value is -2.77. The van der Waals surface area contributed by atoms with Crippen molar-refractivity contribution in [3.8, 4) is 0 Å². The molecule has 3 N–H and O–H groups in total. The lowest BCUT2D eigenvalue weighted by atomic mass is 9.95. The van der Waals surface area contributed by atoms with Crippen LogP contribution in [0.4, 0.5) is 5.69 Å². The molecule has 1 aliphatic rings. The van der Waals surface area contributed by atoms with E-state index in [1.807, 2.05) is 49.4 Å². The molecule has 4 rings (SSSR count). The molecule has 1 fully saturated rings. The molecule has 0 bridgehead atoms. The zero-order valence-electron chi connectivity index (χ0n) is 17.0. The molecule has 2 heterocycles. The van der Waals surface area contributed by atoms with Crippen LogP contribution in [0.25, 0.3) is 10.2 Å². The summed E-state index contributed by atoms with van der Waals surface area (Å²) in [4.78, 5) is 30.8. The number of benzene rings is 2. The van der Waals surface area contributed by atoms with Crippen LogP contribution in [0.3, 0.4) is 0 Å². The number of hydrogen-bond acceptors (Lipinski definition) is 5. The van der Waals surface area contributed by atoms with Gasteiger partial charge in [0.15, 0.2) is 0 Å². The molecule has 0 saturated carbocycles. The van der Waals surface area contributed by atoms with Gasteiger partial charge >= 0.3 is 0 Å². The molecule has 30 heavy (non-hydrogen) atoms. The third-order valence-electron chi connectivity index (χ3n) is 5.77. The van der Waals surface area contributed by atoms with Gasteiger partial charge in [-0.2, -0.15) is 0 Å². The van der Waals surface area contributed by atoms with E-state index in [9.17, 15) is 9.59 Å². The Morgan fingerprint density at radius 1 is 1.17 bits per heavy atom. The maximum absolute atomic E-state index is 12.6. The second-order valence-corrected chi connectivity index (χ2v) is 8.94. The Kier molecular flexibility index (Phi) is 6.11. The highest BCUT2D eigenvalue weighted by Crippen LogP contribution is 2.24. The van der Waals surface area contributed by atoms with Crippen molar-refractivity contribution < 1.29 is 9.59 Å². The molecule has 0 aliphatic carbocycles. The number of nitrogens with one attached hydrogen (secondary N) is 1. The lowest BCUT2D eigenvalue weighted by molar-refractivity contribution is -0.124. The largest absolute Gasteiger partial charge is 0.369 e. The summed E-state index contributed by atoms with van der Waals surface area (Å²) in [6.45, 7) is 3.33. The van der Waals surface area contributed by atoms with E-state index in [1.54, 1.807) is 11.3 Å². The predicted octanol–water partition coefficient (Wildman–Crippen LogP) is 3.41. The molecule has 1 aliphatic heterocycles. The fraction of sp³-hybridized carbons (Fsp3) is 0.348. The van der Waals surface area contributed by atoms with Gasteiger partial charge in [0.2, 0.25) is 11.8 Å². The van der Waals surface area contributed by atoms with Crippen LogP contribution in [0.15, 0.2) is 48.5 Å². The van der Waals surface area contributed by atoms with Crippen molar-refractivity contribution in [2.24, 2.45) is 11.7 Å². The minimum atomic E-state index is -0.249. The van der Waals surface area contributed by atoms with Crippen LogP contribution in [-0.4, -0.2) is 40.8 Å². The fourth-order valence-corrected chi connectivity index (χ4v) is 4.86. The van der Waals surface area contributed by atoms with E-state index in [0.717, 1.165) is 28.2 Å². The van der Waals surface area contributed by atoms with Crippen LogP contribution in [-0.2, 0) is 16.0 Å². The van der Waals surface area contributed by atoms with E-state index in [0.29, 0.717) is 25.9 Å². The topological polar surface area (TPSA) is 88.3 Å². The summed E-state index contributed by atoms with van der Waals surface area (Å²) in [5.74, 6) is -0.344. The van der Waals surface area contributed by atoms with Crippen molar-refractivity contribution in [2.75, 3.05) is 18.4 Å². The molecule has 156 valence electrons. The highest BCUT2D eigenvalue weighted by Gasteiger charge is 2.28. The third kappa shape index (κ3) is 4.68. The number of primary amides is 1. The van der Waals surface area contributed by atoms with Gasteiger partial charge in [0.1, 0.15) is 0 Å². The first-order valence-corrected chi connectivity index (χ1v) is 11.1. The minimum absolute atomic E-state index is 0.0357. The SMILES string of the molecule is C[C@H](C(=O)Nc1ccc(Cc2nc3ccccc3s2)cc1)N1CCC(C(N)=O)CC1. The Labute approximate surface area is 180 Å². The number of fused-ring (bicyclic) bond motifs is 1. The number of para-hydroxylation sites is 1. The summed E-state index contributed by atoms with van der Waals surface area (Å²) < 4.78 is 1.20. The number of anilines is 1. The zero-order chi connectivity index (χ0) is 21.1. The smallest absolute Gasteiger partial charge is 0.241 e. The lowest BCUT2D eigenvalue weighted by Gasteiger charge is -2.34. The summed E-state index contributed by atoms with van der Waals surface area (Å²) in [7, 11) is 0. The summed E-state index contributed by atoms with van der Waals surface area (Å²) in [5.41, 5.74) is 8.37. The van der Waals surface area contributed by atoms with Gasteiger partial charge < -0.3 is 11.1 Å². The molecule has 1 aromatic heterocycles. The molecule has 1 saturated heterocycles. The number of nitrogens with two attached hydrogens (primary N) is 1. The number of carbonyl (C=O) groups excluding carboxylic acids is 2. The standard InChI is InChI=1S/C23H26N4O2S/c1-15(27-12-10-17(11-13-27)22(24)28)23(29)25-18-8-6-16(7-9-18)14-21-26-19-4-2-3-5-20(19)30-21/h2-9,15,17H,10-14H2,1H3,(H2,24,28)(H,25,29)/t15-/m1/s1. The van der Waals surface area contributed by atoms with Gasteiger partial charge in [-0.3, -0.25) is 14.5 Å². The number of rotatable bonds is 6. The van der Waals surface area contributed by atoms with Gasteiger partial charge in [-0.05, 0) is 62.7 Å². The molecule has 7 heteroatoms. The van der Waals surface area contributed by atoms with E-state index in [2.05, 4.69) is 21.3 Å². The molecule has 0 radical (unpaired) electrons. The number of thiazole rings is 1.